The average Bonchev–Trinajstić information content (AvgIpc) is 3.38. The molecule has 198 valence electrons. The molecule has 0 spiro atoms. The molecule has 1 fully saturated rings. The van der Waals surface area contributed by atoms with Crippen molar-refractivity contribution >= 4 is 30.2 Å². The summed E-state index contributed by atoms with van der Waals surface area (Å²) in [6.45, 7) is 2.61. The first kappa shape index (κ1) is 27.8. The average molecular weight is 529 g/mol. The zero-order chi connectivity index (χ0) is 25.7. The molecule has 11 heteroatoms. The Hall–Kier alpha value is -3.76. The van der Waals surface area contributed by atoms with E-state index in [1.54, 1.807) is 43.5 Å². The van der Waals surface area contributed by atoms with Gasteiger partial charge in [-0.3, -0.25) is 9.47 Å². The van der Waals surface area contributed by atoms with Crippen molar-refractivity contribution in [3.05, 3.63) is 60.6 Å². The van der Waals surface area contributed by atoms with Crippen LogP contribution in [0.3, 0.4) is 0 Å². The zero-order valence-corrected chi connectivity index (χ0v) is 22.0. The van der Waals surface area contributed by atoms with Crippen LogP contribution in [0.1, 0.15) is 18.4 Å². The number of carbonyl (C=O) groups is 2. The molecule has 0 aliphatic carbocycles. The standard InChI is InChI=1S/C26H32N6O4.ClH/c1-30(21-9-11-31(12-10-21)15-18-7-8-23(35-2)24(13-18)36-3)26(34)32-16-22(28-17-32)19-5-4-6-20(14-19)29-25(27)33;/h4-8,13-14,16-17,21H,9-12,15H2,1-3H3,(H3,27,29,33);1H. The third kappa shape index (κ3) is 6.72. The number of nitrogens with one attached hydrogen (secondary N) is 1. The van der Waals surface area contributed by atoms with Crippen molar-refractivity contribution in [3.8, 4) is 22.8 Å². The maximum atomic E-state index is 13.1. The minimum Gasteiger partial charge on any atom is -0.493 e. The highest BCUT2D eigenvalue weighted by atomic mass is 35.5. The van der Waals surface area contributed by atoms with Crippen LogP contribution in [-0.2, 0) is 6.54 Å². The number of benzene rings is 2. The Morgan fingerprint density at radius 2 is 1.84 bits per heavy atom. The number of nitrogens with two attached hydrogens (primary N) is 1. The van der Waals surface area contributed by atoms with Crippen LogP contribution in [0.25, 0.3) is 11.3 Å². The Morgan fingerprint density at radius 3 is 2.51 bits per heavy atom. The molecule has 1 aliphatic rings. The second-order valence-corrected chi connectivity index (χ2v) is 8.83. The van der Waals surface area contributed by atoms with E-state index >= 15 is 0 Å². The summed E-state index contributed by atoms with van der Waals surface area (Å²) >= 11 is 0. The van der Waals surface area contributed by atoms with Gasteiger partial charge in [0, 0.05) is 50.2 Å². The van der Waals surface area contributed by atoms with Crippen molar-refractivity contribution in [1.29, 1.82) is 0 Å². The topological polar surface area (TPSA) is 115 Å². The first-order chi connectivity index (χ1) is 17.4. The lowest BCUT2D eigenvalue weighted by Crippen LogP contribution is -2.46. The van der Waals surface area contributed by atoms with Crippen molar-refractivity contribution < 1.29 is 19.1 Å². The van der Waals surface area contributed by atoms with Crippen LogP contribution in [0.2, 0.25) is 0 Å². The first-order valence-electron chi connectivity index (χ1n) is 11.8. The molecule has 0 saturated carbocycles. The Kier molecular flexibility index (Phi) is 9.37. The molecule has 0 atom stereocenters. The molecule has 3 N–H and O–H groups in total. The molecule has 0 unspecified atom stereocenters. The lowest BCUT2D eigenvalue weighted by atomic mass is 10.0. The van der Waals surface area contributed by atoms with Gasteiger partial charge in [0.2, 0.25) is 0 Å². The van der Waals surface area contributed by atoms with E-state index in [2.05, 4.69) is 21.3 Å². The number of hydrogen-bond acceptors (Lipinski definition) is 6. The van der Waals surface area contributed by atoms with Gasteiger partial charge >= 0.3 is 12.1 Å². The summed E-state index contributed by atoms with van der Waals surface area (Å²) < 4.78 is 12.2. The normalized spacial score (nSPS) is 13.9. The van der Waals surface area contributed by atoms with Gasteiger partial charge in [-0.05, 0) is 42.7 Å². The minimum absolute atomic E-state index is 0. The van der Waals surface area contributed by atoms with E-state index in [0.29, 0.717) is 11.4 Å². The first-order valence-corrected chi connectivity index (χ1v) is 11.8. The van der Waals surface area contributed by atoms with Crippen molar-refractivity contribution in [2.45, 2.75) is 25.4 Å². The third-order valence-electron chi connectivity index (χ3n) is 6.49. The summed E-state index contributed by atoms with van der Waals surface area (Å²) in [6.07, 6.45) is 5.00. The number of piperidine rings is 1. The van der Waals surface area contributed by atoms with Gasteiger partial charge in [-0.15, -0.1) is 12.4 Å². The zero-order valence-electron chi connectivity index (χ0n) is 21.2. The number of methoxy groups -OCH3 is 2. The summed E-state index contributed by atoms with van der Waals surface area (Å²) in [5.41, 5.74) is 8.34. The molecular weight excluding hydrogens is 496 g/mol. The van der Waals surface area contributed by atoms with E-state index in [4.69, 9.17) is 15.2 Å². The highest BCUT2D eigenvalue weighted by molar-refractivity contribution is 5.88. The number of likely N-dealkylation sites (tertiary alicyclic amines) is 1. The number of urea groups is 1. The third-order valence-corrected chi connectivity index (χ3v) is 6.49. The molecule has 0 bridgehead atoms. The van der Waals surface area contributed by atoms with Crippen LogP contribution in [0.15, 0.2) is 55.0 Å². The van der Waals surface area contributed by atoms with E-state index in [0.717, 1.165) is 55.1 Å². The van der Waals surface area contributed by atoms with Gasteiger partial charge in [0.15, 0.2) is 11.5 Å². The fourth-order valence-corrected chi connectivity index (χ4v) is 4.52. The van der Waals surface area contributed by atoms with E-state index in [1.807, 2.05) is 25.2 Å². The van der Waals surface area contributed by atoms with E-state index in [1.165, 1.54) is 10.9 Å². The molecule has 37 heavy (non-hydrogen) atoms. The van der Waals surface area contributed by atoms with E-state index < -0.39 is 6.03 Å². The lowest BCUT2D eigenvalue weighted by Gasteiger charge is -2.36. The Labute approximate surface area is 222 Å². The quantitative estimate of drug-likeness (QED) is 0.478. The molecule has 2 heterocycles. The molecule has 3 amide bonds. The molecule has 1 saturated heterocycles. The highest BCUT2D eigenvalue weighted by Crippen LogP contribution is 2.29. The van der Waals surface area contributed by atoms with Crippen molar-refractivity contribution in [1.82, 2.24) is 19.4 Å². The molecule has 1 aromatic heterocycles. The number of amides is 3. The van der Waals surface area contributed by atoms with Gasteiger partial charge in [-0.1, -0.05) is 18.2 Å². The highest BCUT2D eigenvalue weighted by Gasteiger charge is 2.26. The van der Waals surface area contributed by atoms with Gasteiger partial charge in [0.05, 0.1) is 19.9 Å². The minimum atomic E-state index is -0.635. The Balaban J connectivity index is 0.00000380. The maximum absolute atomic E-state index is 13.1. The summed E-state index contributed by atoms with van der Waals surface area (Å²) in [4.78, 5) is 32.8. The number of ether oxygens (including phenoxy) is 2. The predicted octanol–water partition coefficient (Wildman–Crippen LogP) is 4.04. The fraction of sp³-hybridized carbons (Fsp3) is 0.346. The largest absolute Gasteiger partial charge is 0.493 e. The van der Waals surface area contributed by atoms with Crippen molar-refractivity contribution in [2.75, 3.05) is 39.7 Å². The van der Waals surface area contributed by atoms with Gasteiger partial charge in [-0.2, -0.15) is 0 Å². The van der Waals surface area contributed by atoms with Crippen LogP contribution in [0.4, 0.5) is 15.3 Å². The summed E-state index contributed by atoms with van der Waals surface area (Å²) in [7, 11) is 5.11. The summed E-state index contributed by atoms with van der Waals surface area (Å²) in [5, 5.41) is 2.55. The second kappa shape index (κ2) is 12.5. The number of imidazole rings is 1. The number of hydrogen-bond donors (Lipinski definition) is 2. The monoisotopic (exact) mass is 528 g/mol. The smallest absolute Gasteiger partial charge is 0.329 e. The molecule has 0 radical (unpaired) electrons. The Bertz CT molecular complexity index is 1230. The van der Waals surface area contributed by atoms with Crippen molar-refractivity contribution in [3.63, 3.8) is 0 Å². The molecule has 1 aliphatic heterocycles. The fourth-order valence-electron chi connectivity index (χ4n) is 4.52. The van der Waals surface area contributed by atoms with Gasteiger partial charge in [0.1, 0.15) is 6.33 Å². The molecule has 3 aromatic rings. The van der Waals surface area contributed by atoms with E-state index in [-0.39, 0.29) is 24.5 Å². The number of rotatable bonds is 7. The number of halogens is 1. The predicted molar refractivity (Wildman–Crippen MR) is 145 cm³/mol. The van der Waals surface area contributed by atoms with Gasteiger partial charge in [-0.25, -0.2) is 14.6 Å². The van der Waals surface area contributed by atoms with Crippen molar-refractivity contribution in [2.24, 2.45) is 5.73 Å². The number of carbonyl (C=O) groups excluding carboxylic acids is 2. The summed E-state index contributed by atoms with van der Waals surface area (Å²) in [5.74, 6) is 1.45. The van der Waals surface area contributed by atoms with E-state index in [9.17, 15) is 9.59 Å². The van der Waals surface area contributed by atoms with Gasteiger partial charge in [0.25, 0.3) is 0 Å². The molecule has 2 aromatic carbocycles. The van der Waals surface area contributed by atoms with Crippen LogP contribution in [0, 0.1) is 0 Å². The van der Waals surface area contributed by atoms with Crippen LogP contribution in [-0.4, -0.2) is 71.8 Å². The number of aromatic nitrogens is 2. The Morgan fingerprint density at radius 1 is 1.11 bits per heavy atom. The molecular formula is C26H33ClN6O4. The number of primary amides is 1. The molecule has 4 rings (SSSR count). The number of anilines is 1. The van der Waals surface area contributed by atoms with Crippen LogP contribution < -0.4 is 20.5 Å². The van der Waals surface area contributed by atoms with Gasteiger partial charge < -0.3 is 25.4 Å². The summed E-state index contributed by atoms with van der Waals surface area (Å²) in [6, 6.07) is 12.5. The van der Waals surface area contributed by atoms with Crippen LogP contribution >= 0.6 is 12.4 Å². The number of nitrogens with zero attached hydrogens (tertiary/aromatic N) is 4. The SMILES string of the molecule is COc1ccc(CN2CCC(N(C)C(=O)n3cnc(-c4cccc(NC(N)=O)c4)c3)CC2)cc1OC.Cl. The molecule has 10 nitrogen and oxygen atoms in total. The lowest BCUT2D eigenvalue weighted by molar-refractivity contribution is 0.132. The van der Waals surface area contributed by atoms with Crippen LogP contribution in [0.5, 0.6) is 11.5 Å². The maximum Gasteiger partial charge on any atom is 0.329 e. The second-order valence-electron chi connectivity index (χ2n) is 8.83.